The summed E-state index contributed by atoms with van der Waals surface area (Å²) in [6.45, 7) is 1.48. The van der Waals surface area contributed by atoms with Gasteiger partial charge in [0.1, 0.15) is 11.8 Å². The van der Waals surface area contributed by atoms with Gasteiger partial charge >= 0.3 is 5.97 Å². The standard InChI is InChI=1S/C12H16N2O4/c1-7(13)11(16)14-10(12(17)18)6-8-2-4-9(15)5-3-8/h2-5,7,10,15H,6,13H2,1H3,(H,14,16)(H,17,18)/t7-,10?/m0/s1. The van der Waals surface area contributed by atoms with E-state index < -0.39 is 24.0 Å². The molecule has 6 heteroatoms. The molecule has 1 aromatic carbocycles. The van der Waals surface area contributed by atoms with Crippen molar-refractivity contribution in [1.29, 1.82) is 0 Å². The first-order valence-corrected chi connectivity index (χ1v) is 5.47. The summed E-state index contributed by atoms with van der Waals surface area (Å²) in [6.07, 6.45) is 0.133. The Kier molecular flexibility index (Phi) is 4.67. The molecule has 0 saturated heterocycles. The number of carbonyl (C=O) groups is 2. The largest absolute Gasteiger partial charge is 0.508 e. The fraction of sp³-hybridized carbons (Fsp3) is 0.333. The zero-order valence-electron chi connectivity index (χ0n) is 9.96. The Bertz CT molecular complexity index is 428. The van der Waals surface area contributed by atoms with Gasteiger partial charge in [0.25, 0.3) is 0 Å². The number of aliphatic carboxylic acids is 1. The summed E-state index contributed by atoms with van der Waals surface area (Å²) in [5.41, 5.74) is 6.06. The zero-order chi connectivity index (χ0) is 13.7. The van der Waals surface area contributed by atoms with Crippen molar-refractivity contribution in [3.8, 4) is 5.75 Å². The number of phenolic OH excluding ortho intramolecular Hbond substituents is 1. The van der Waals surface area contributed by atoms with Crippen molar-refractivity contribution in [2.75, 3.05) is 0 Å². The third-order valence-corrected chi connectivity index (χ3v) is 2.40. The van der Waals surface area contributed by atoms with E-state index in [9.17, 15) is 9.59 Å². The molecule has 0 aliphatic heterocycles. The van der Waals surface area contributed by atoms with Gasteiger partial charge in [-0.15, -0.1) is 0 Å². The van der Waals surface area contributed by atoms with Crippen LogP contribution in [-0.2, 0) is 16.0 Å². The lowest BCUT2D eigenvalue weighted by Crippen LogP contribution is -2.48. The Balaban J connectivity index is 2.72. The van der Waals surface area contributed by atoms with Gasteiger partial charge in [0.15, 0.2) is 0 Å². The van der Waals surface area contributed by atoms with E-state index in [1.54, 1.807) is 12.1 Å². The maximum Gasteiger partial charge on any atom is 0.326 e. The van der Waals surface area contributed by atoms with Crippen LogP contribution in [0, 0.1) is 0 Å². The van der Waals surface area contributed by atoms with Gasteiger partial charge in [-0.25, -0.2) is 4.79 Å². The van der Waals surface area contributed by atoms with E-state index >= 15 is 0 Å². The van der Waals surface area contributed by atoms with Crippen LogP contribution in [0.2, 0.25) is 0 Å². The molecule has 0 spiro atoms. The molecule has 98 valence electrons. The number of nitrogens with one attached hydrogen (secondary N) is 1. The predicted octanol–water partition coefficient (Wildman–Crippen LogP) is -0.149. The first-order chi connectivity index (χ1) is 8.40. The van der Waals surface area contributed by atoms with Crippen LogP contribution in [0.1, 0.15) is 12.5 Å². The fourth-order valence-corrected chi connectivity index (χ4v) is 1.37. The lowest BCUT2D eigenvalue weighted by atomic mass is 10.1. The monoisotopic (exact) mass is 252 g/mol. The second-order valence-electron chi connectivity index (χ2n) is 4.06. The van der Waals surface area contributed by atoms with Crippen molar-refractivity contribution >= 4 is 11.9 Å². The molecule has 0 aliphatic rings. The molecule has 1 rings (SSSR count). The molecule has 0 saturated carbocycles. The summed E-state index contributed by atoms with van der Waals surface area (Å²) in [5, 5.41) is 20.5. The normalized spacial score (nSPS) is 13.7. The molecule has 0 fully saturated rings. The molecular formula is C12H16N2O4. The molecule has 0 radical (unpaired) electrons. The number of aromatic hydroxyl groups is 1. The molecule has 5 N–H and O–H groups in total. The molecule has 0 aliphatic carbocycles. The number of carboxylic acids is 1. The van der Waals surface area contributed by atoms with Crippen molar-refractivity contribution in [2.24, 2.45) is 5.73 Å². The number of nitrogens with two attached hydrogens (primary N) is 1. The van der Waals surface area contributed by atoms with Crippen LogP contribution in [-0.4, -0.2) is 34.2 Å². The molecule has 0 aromatic heterocycles. The number of benzene rings is 1. The predicted molar refractivity (Wildman–Crippen MR) is 65.0 cm³/mol. The van der Waals surface area contributed by atoms with E-state index in [2.05, 4.69) is 5.32 Å². The highest BCUT2D eigenvalue weighted by Crippen LogP contribution is 2.11. The van der Waals surface area contributed by atoms with Gasteiger partial charge in [-0.1, -0.05) is 12.1 Å². The van der Waals surface area contributed by atoms with Crippen LogP contribution in [0.3, 0.4) is 0 Å². The molecule has 6 nitrogen and oxygen atoms in total. The molecule has 1 unspecified atom stereocenters. The molecule has 1 aromatic rings. The van der Waals surface area contributed by atoms with E-state index in [4.69, 9.17) is 15.9 Å². The maximum absolute atomic E-state index is 11.4. The second kappa shape index (κ2) is 6.02. The number of hydrogen-bond acceptors (Lipinski definition) is 4. The average Bonchev–Trinajstić information content (AvgIpc) is 2.30. The number of phenols is 1. The van der Waals surface area contributed by atoms with E-state index in [0.29, 0.717) is 5.56 Å². The van der Waals surface area contributed by atoms with E-state index in [0.717, 1.165) is 0 Å². The van der Waals surface area contributed by atoms with Crippen LogP contribution in [0.5, 0.6) is 5.75 Å². The molecule has 1 amide bonds. The zero-order valence-corrected chi connectivity index (χ0v) is 9.96. The third-order valence-electron chi connectivity index (χ3n) is 2.40. The Hall–Kier alpha value is -2.08. The van der Waals surface area contributed by atoms with Crippen molar-refractivity contribution in [2.45, 2.75) is 25.4 Å². The van der Waals surface area contributed by atoms with Crippen LogP contribution in [0.15, 0.2) is 24.3 Å². The highest BCUT2D eigenvalue weighted by molar-refractivity contribution is 5.86. The van der Waals surface area contributed by atoms with Crippen LogP contribution in [0.4, 0.5) is 0 Å². The molecule has 18 heavy (non-hydrogen) atoms. The van der Waals surface area contributed by atoms with Gasteiger partial charge in [0, 0.05) is 6.42 Å². The number of amides is 1. The third kappa shape index (κ3) is 4.06. The van der Waals surface area contributed by atoms with Gasteiger partial charge < -0.3 is 21.3 Å². The van der Waals surface area contributed by atoms with Crippen molar-refractivity contribution in [3.05, 3.63) is 29.8 Å². The average molecular weight is 252 g/mol. The maximum atomic E-state index is 11.4. The van der Waals surface area contributed by atoms with Gasteiger partial charge in [0.05, 0.1) is 6.04 Å². The number of hydrogen-bond donors (Lipinski definition) is 4. The van der Waals surface area contributed by atoms with Gasteiger partial charge in [-0.3, -0.25) is 4.79 Å². The topological polar surface area (TPSA) is 113 Å². The Labute approximate surface area is 104 Å². The highest BCUT2D eigenvalue weighted by Gasteiger charge is 2.21. The number of carboxylic acid groups (broad SMARTS) is 1. The summed E-state index contributed by atoms with van der Waals surface area (Å²) < 4.78 is 0. The summed E-state index contributed by atoms with van der Waals surface area (Å²) in [4.78, 5) is 22.4. The van der Waals surface area contributed by atoms with Gasteiger partial charge in [-0.05, 0) is 24.6 Å². The smallest absolute Gasteiger partial charge is 0.326 e. The first kappa shape index (κ1) is 14.0. The Morgan fingerprint density at radius 3 is 2.33 bits per heavy atom. The van der Waals surface area contributed by atoms with Crippen molar-refractivity contribution in [3.63, 3.8) is 0 Å². The number of rotatable bonds is 5. The van der Waals surface area contributed by atoms with E-state index in [1.165, 1.54) is 19.1 Å². The molecule has 0 bridgehead atoms. The highest BCUT2D eigenvalue weighted by atomic mass is 16.4. The SMILES string of the molecule is C[C@H](N)C(=O)NC(Cc1ccc(O)cc1)C(=O)O. The summed E-state index contributed by atoms with van der Waals surface area (Å²) in [6, 6.07) is 4.33. The van der Waals surface area contributed by atoms with Crippen molar-refractivity contribution in [1.82, 2.24) is 5.32 Å². The summed E-state index contributed by atoms with van der Waals surface area (Å²) in [7, 11) is 0. The minimum Gasteiger partial charge on any atom is -0.508 e. The molecular weight excluding hydrogens is 236 g/mol. The summed E-state index contributed by atoms with van der Waals surface area (Å²) >= 11 is 0. The first-order valence-electron chi connectivity index (χ1n) is 5.47. The summed E-state index contributed by atoms with van der Waals surface area (Å²) in [5.74, 6) is -1.54. The minimum absolute atomic E-state index is 0.102. The fourth-order valence-electron chi connectivity index (χ4n) is 1.37. The van der Waals surface area contributed by atoms with Gasteiger partial charge in [0.2, 0.25) is 5.91 Å². The quantitative estimate of drug-likeness (QED) is 0.582. The minimum atomic E-state index is -1.13. The lowest BCUT2D eigenvalue weighted by molar-refractivity contribution is -0.141. The Morgan fingerprint density at radius 1 is 1.33 bits per heavy atom. The van der Waals surface area contributed by atoms with E-state index in [-0.39, 0.29) is 12.2 Å². The lowest BCUT2D eigenvalue weighted by Gasteiger charge is -2.16. The van der Waals surface area contributed by atoms with E-state index in [1.807, 2.05) is 0 Å². The van der Waals surface area contributed by atoms with Gasteiger partial charge in [-0.2, -0.15) is 0 Å². The Morgan fingerprint density at radius 2 is 1.89 bits per heavy atom. The van der Waals surface area contributed by atoms with Crippen LogP contribution >= 0.6 is 0 Å². The number of carbonyl (C=O) groups excluding carboxylic acids is 1. The van der Waals surface area contributed by atoms with Crippen LogP contribution < -0.4 is 11.1 Å². The molecule has 0 heterocycles. The van der Waals surface area contributed by atoms with Crippen molar-refractivity contribution < 1.29 is 19.8 Å². The molecule has 2 atom stereocenters. The van der Waals surface area contributed by atoms with Crippen LogP contribution in [0.25, 0.3) is 0 Å². The second-order valence-corrected chi connectivity index (χ2v) is 4.06.